The van der Waals surface area contributed by atoms with Crippen LogP contribution in [-0.2, 0) is 0 Å². The van der Waals surface area contributed by atoms with E-state index in [9.17, 15) is 0 Å². The predicted molar refractivity (Wildman–Crippen MR) is 95.3 cm³/mol. The standard InChI is InChI=1S/C21H20N2/c1-15-9-8-14-18-19(15)22-21(17-12-6-3-7-13-17)23-20(18)16-10-4-2-5-11-16/h2-7,10-13,20H,1,8-9,14H2,(H,22,23). The maximum atomic E-state index is 5.05. The fourth-order valence-electron chi connectivity index (χ4n) is 3.42. The maximum absolute atomic E-state index is 5.05. The average molecular weight is 300 g/mol. The minimum absolute atomic E-state index is 0.0970. The first-order valence-corrected chi connectivity index (χ1v) is 8.19. The molecule has 0 saturated heterocycles. The van der Waals surface area contributed by atoms with Gasteiger partial charge in [0.1, 0.15) is 11.9 Å². The summed E-state index contributed by atoms with van der Waals surface area (Å²) in [7, 11) is 0. The van der Waals surface area contributed by atoms with Gasteiger partial charge in [0.2, 0.25) is 0 Å². The molecule has 0 bridgehead atoms. The first-order chi connectivity index (χ1) is 11.3. The third kappa shape index (κ3) is 2.61. The number of allylic oxidation sites excluding steroid dienone is 1. The van der Waals surface area contributed by atoms with Crippen LogP contribution >= 0.6 is 0 Å². The predicted octanol–water partition coefficient (Wildman–Crippen LogP) is 4.77. The summed E-state index contributed by atoms with van der Waals surface area (Å²) in [5.74, 6) is 0.946. The molecule has 0 aromatic heterocycles. The molecule has 1 unspecified atom stereocenters. The van der Waals surface area contributed by atoms with Crippen molar-refractivity contribution in [1.29, 1.82) is 0 Å². The minimum atomic E-state index is 0.0970. The van der Waals surface area contributed by atoms with Gasteiger partial charge in [-0.25, -0.2) is 0 Å². The molecule has 0 fully saturated rings. The van der Waals surface area contributed by atoms with Crippen LogP contribution in [0.25, 0.3) is 0 Å². The summed E-state index contributed by atoms with van der Waals surface area (Å²) in [4.78, 5) is 5.05. The van der Waals surface area contributed by atoms with Gasteiger partial charge in [-0.3, -0.25) is 4.99 Å². The van der Waals surface area contributed by atoms with Crippen molar-refractivity contribution < 1.29 is 0 Å². The summed E-state index contributed by atoms with van der Waals surface area (Å²) < 4.78 is 0. The zero-order valence-corrected chi connectivity index (χ0v) is 13.1. The van der Waals surface area contributed by atoms with Crippen LogP contribution in [0.3, 0.4) is 0 Å². The van der Waals surface area contributed by atoms with E-state index < -0.39 is 0 Å². The monoisotopic (exact) mass is 300 g/mol. The zero-order chi connectivity index (χ0) is 15.6. The van der Waals surface area contributed by atoms with Gasteiger partial charge < -0.3 is 5.32 Å². The smallest absolute Gasteiger partial charge is 0.133 e. The molecule has 4 rings (SSSR count). The molecular weight excluding hydrogens is 280 g/mol. The maximum Gasteiger partial charge on any atom is 0.133 e. The van der Waals surface area contributed by atoms with Gasteiger partial charge in [0.25, 0.3) is 0 Å². The molecule has 1 atom stereocenters. The molecule has 114 valence electrons. The van der Waals surface area contributed by atoms with Crippen molar-refractivity contribution in [1.82, 2.24) is 5.32 Å². The van der Waals surface area contributed by atoms with E-state index in [-0.39, 0.29) is 6.04 Å². The van der Waals surface area contributed by atoms with Gasteiger partial charge in [-0.2, -0.15) is 0 Å². The Labute approximate surface area is 137 Å². The van der Waals surface area contributed by atoms with Crippen molar-refractivity contribution in [3.8, 4) is 0 Å². The highest BCUT2D eigenvalue weighted by Crippen LogP contribution is 2.40. The number of hydrogen-bond donors (Lipinski definition) is 1. The van der Waals surface area contributed by atoms with E-state index in [2.05, 4.69) is 66.5 Å². The molecule has 2 aromatic rings. The molecule has 2 heteroatoms. The Bertz CT molecular complexity index is 785. The van der Waals surface area contributed by atoms with E-state index in [0.29, 0.717) is 0 Å². The first-order valence-electron chi connectivity index (χ1n) is 8.19. The van der Waals surface area contributed by atoms with Gasteiger partial charge >= 0.3 is 0 Å². The fourth-order valence-corrected chi connectivity index (χ4v) is 3.42. The van der Waals surface area contributed by atoms with E-state index in [1.807, 2.05) is 6.07 Å². The van der Waals surface area contributed by atoms with Crippen LogP contribution < -0.4 is 5.32 Å². The van der Waals surface area contributed by atoms with Crippen molar-refractivity contribution in [2.45, 2.75) is 25.3 Å². The van der Waals surface area contributed by atoms with Gasteiger partial charge in [0.15, 0.2) is 0 Å². The molecule has 2 aromatic carbocycles. The molecule has 1 aliphatic heterocycles. The lowest BCUT2D eigenvalue weighted by Crippen LogP contribution is -2.33. The van der Waals surface area contributed by atoms with Crippen LogP contribution in [0, 0.1) is 0 Å². The van der Waals surface area contributed by atoms with Crippen molar-refractivity contribution in [3.63, 3.8) is 0 Å². The molecule has 0 radical (unpaired) electrons. The largest absolute Gasteiger partial charge is 0.340 e. The van der Waals surface area contributed by atoms with E-state index >= 15 is 0 Å². The van der Waals surface area contributed by atoms with Crippen molar-refractivity contribution in [2.24, 2.45) is 4.99 Å². The molecule has 2 aliphatic rings. The van der Waals surface area contributed by atoms with Crippen molar-refractivity contribution >= 4 is 5.84 Å². The number of hydrogen-bond acceptors (Lipinski definition) is 2. The van der Waals surface area contributed by atoms with E-state index in [1.54, 1.807) is 0 Å². The van der Waals surface area contributed by atoms with E-state index in [1.165, 1.54) is 28.8 Å². The second-order valence-corrected chi connectivity index (χ2v) is 6.14. The minimum Gasteiger partial charge on any atom is -0.340 e. The summed E-state index contributed by atoms with van der Waals surface area (Å²) >= 11 is 0. The topological polar surface area (TPSA) is 24.4 Å². The fraction of sp³-hybridized carbons (Fsp3) is 0.190. The number of aliphatic imine (C=N–C) groups is 1. The third-order valence-corrected chi connectivity index (χ3v) is 4.59. The zero-order valence-electron chi connectivity index (χ0n) is 13.1. The second kappa shape index (κ2) is 5.88. The Morgan fingerprint density at radius 3 is 2.35 bits per heavy atom. The number of amidine groups is 1. The number of rotatable bonds is 2. The van der Waals surface area contributed by atoms with Crippen LogP contribution in [-0.4, -0.2) is 5.84 Å². The number of benzene rings is 2. The molecule has 0 amide bonds. The van der Waals surface area contributed by atoms with Crippen molar-refractivity contribution in [2.75, 3.05) is 0 Å². The summed E-state index contributed by atoms with van der Waals surface area (Å²) in [5.41, 5.74) is 6.17. The number of nitrogens with zero attached hydrogens (tertiary/aromatic N) is 1. The lowest BCUT2D eigenvalue weighted by atomic mass is 9.84. The highest BCUT2D eigenvalue weighted by molar-refractivity contribution is 6.01. The summed E-state index contributed by atoms with van der Waals surface area (Å²) in [5, 5.41) is 3.55. The molecule has 1 aliphatic carbocycles. The van der Waals surface area contributed by atoms with E-state index in [4.69, 9.17) is 4.99 Å². The van der Waals surface area contributed by atoms with Crippen LogP contribution in [0.15, 0.2) is 89.1 Å². The van der Waals surface area contributed by atoms with Crippen LogP contribution in [0.4, 0.5) is 0 Å². The Morgan fingerprint density at radius 1 is 0.913 bits per heavy atom. The number of nitrogens with one attached hydrogen (secondary N) is 1. The van der Waals surface area contributed by atoms with Gasteiger partial charge in [-0.05, 0) is 36.0 Å². The van der Waals surface area contributed by atoms with Crippen LogP contribution in [0.1, 0.15) is 36.4 Å². The van der Waals surface area contributed by atoms with E-state index in [0.717, 1.165) is 24.2 Å². The first kappa shape index (κ1) is 14.0. The molecule has 0 spiro atoms. The SMILES string of the molecule is C=C1CCCC2=C1NC(c1ccccc1)=NC2c1ccccc1. The van der Waals surface area contributed by atoms with Crippen LogP contribution in [0.2, 0.25) is 0 Å². The van der Waals surface area contributed by atoms with Crippen LogP contribution in [0.5, 0.6) is 0 Å². The lowest BCUT2D eigenvalue weighted by molar-refractivity contribution is 0.656. The Balaban J connectivity index is 1.83. The van der Waals surface area contributed by atoms with Gasteiger partial charge in [0.05, 0.1) is 0 Å². The van der Waals surface area contributed by atoms with Gasteiger partial charge in [-0.15, -0.1) is 0 Å². The quantitative estimate of drug-likeness (QED) is 0.848. The molecule has 2 nitrogen and oxygen atoms in total. The average Bonchev–Trinajstić information content (AvgIpc) is 2.63. The molecule has 1 N–H and O–H groups in total. The van der Waals surface area contributed by atoms with Gasteiger partial charge in [-0.1, -0.05) is 67.2 Å². The molecule has 1 heterocycles. The second-order valence-electron chi connectivity index (χ2n) is 6.14. The summed E-state index contributed by atoms with van der Waals surface area (Å²) in [6.07, 6.45) is 3.32. The molecule has 0 saturated carbocycles. The van der Waals surface area contributed by atoms with Crippen molar-refractivity contribution in [3.05, 3.63) is 95.2 Å². The summed E-state index contributed by atoms with van der Waals surface area (Å²) in [6.45, 7) is 4.28. The molecular formula is C21H20N2. The summed E-state index contributed by atoms with van der Waals surface area (Å²) in [6, 6.07) is 21.0. The normalized spacial score (nSPS) is 20.6. The molecule has 23 heavy (non-hydrogen) atoms. The third-order valence-electron chi connectivity index (χ3n) is 4.59. The Morgan fingerprint density at radius 2 is 1.61 bits per heavy atom. The Kier molecular flexibility index (Phi) is 3.58. The highest BCUT2D eigenvalue weighted by atomic mass is 15.1. The lowest BCUT2D eigenvalue weighted by Gasteiger charge is -2.32. The Hall–Kier alpha value is -2.61. The van der Waals surface area contributed by atoms with Gasteiger partial charge in [0, 0.05) is 11.3 Å². The highest BCUT2D eigenvalue weighted by Gasteiger charge is 2.29.